The molecule has 0 spiro atoms. The highest BCUT2D eigenvalue weighted by molar-refractivity contribution is 5.71. The van der Waals surface area contributed by atoms with Crippen molar-refractivity contribution in [1.29, 1.82) is 0 Å². The van der Waals surface area contributed by atoms with Gasteiger partial charge in [0.1, 0.15) is 11.9 Å². The molecule has 1 rings (SSSR count). The molecule has 0 radical (unpaired) electrons. The standard InChI is InChI=1S/C9H12N2O2/c1-3-4-8-10-5-6-11(8)7(2)9(12)13/h3,5-7H,1,4H2,2H3,(H,12,13). The SMILES string of the molecule is C=CCc1nccn1C(C)C(=O)O. The first-order valence-electron chi connectivity index (χ1n) is 4.02. The molecule has 0 aliphatic heterocycles. The van der Waals surface area contributed by atoms with E-state index in [-0.39, 0.29) is 0 Å². The van der Waals surface area contributed by atoms with Gasteiger partial charge >= 0.3 is 5.97 Å². The Morgan fingerprint density at radius 3 is 3.15 bits per heavy atom. The number of aliphatic carboxylic acids is 1. The van der Waals surface area contributed by atoms with Gasteiger partial charge in [-0.15, -0.1) is 6.58 Å². The van der Waals surface area contributed by atoms with Gasteiger partial charge in [-0.05, 0) is 6.92 Å². The molecule has 0 amide bonds. The largest absolute Gasteiger partial charge is 0.480 e. The molecular weight excluding hydrogens is 168 g/mol. The fourth-order valence-electron chi connectivity index (χ4n) is 1.10. The molecule has 1 unspecified atom stereocenters. The molecule has 0 aliphatic rings. The Balaban J connectivity index is 2.92. The van der Waals surface area contributed by atoms with Crippen LogP contribution in [0.25, 0.3) is 0 Å². The zero-order valence-corrected chi connectivity index (χ0v) is 7.47. The minimum Gasteiger partial charge on any atom is -0.480 e. The van der Waals surface area contributed by atoms with Crippen molar-refractivity contribution in [3.05, 3.63) is 30.9 Å². The van der Waals surface area contributed by atoms with Crippen LogP contribution in [0.1, 0.15) is 18.8 Å². The van der Waals surface area contributed by atoms with Crippen molar-refractivity contribution in [2.24, 2.45) is 0 Å². The lowest BCUT2D eigenvalue weighted by Gasteiger charge is -2.10. The molecule has 70 valence electrons. The highest BCUT2D eigenvalue weighted by atomic mass is 16.4. The van der Waals surface area contributed by atoms with Crippen LogP contribution in [0, 0.1) is 0 Å². The number of carboxylic acid groups (broad SMARTS) is 1. The molecular formula is C9H12N2O2. The first kappa shape index (κ1) is 9.51. The van der Waals surface area contributed by atoms with Crippen LogP contribution in [0.4, 0.5) is 0 Å². The van der Waals surface area contributed by atoms with Gasteiger partial charge in [-0.25, -0.2) is 9.78 Å². The summed E-state index contributed by atoms with van der Waals surface area (Å²) in [6, 6.07) is -0.572. The van der Waals surface area contributed by atoms with Gasteiger partial charge in [0.2, 0.25) is 0 Å². The van der Waals surface area contributed by atoms with E-state index >= 15 is 0 Å². The molecule has 4 heteroatoms. The molecule has 4 nitrogen and oxygen atoms in total. The second-order valence-corrected chi connectivity index (χ2v) is 2.76. The number of hydrogen-bond acceptors (Lipinski definition) is 2. The van der Waals surface area contributed by atoms with E-state index in [1.54, 1.807) is 30.0 Å². The van der Waals surface area contributed by atoms with Gasteiger partial charge in [0, 0.05) is 18.8 Å². The van der Waals surface area contributed by atoms with Gasteiger partial charge in [0.15, 0.2) is 0 Å². The molecule has 0 aromatic carbocycles. The average molecular weight is 180 g/mol. The van der Waals surface area contributed by atoms with Crippen molar-refractivity contribution in [3.63, 3.8) is 0 Å². The molecule has 1 aromatic heterocycles. The van der Waals surface area contributed by atoms with Crippen LogP contribution >= 0.6 is 0 Å². The average Bonchev–Trinajstić information content (AvgIpc) is 2.52. The zero-order valence-electron chi connectivity index (χ0n) is 7.47. The lowest BCUT2D eigenvalue weighted by Crippen LogP contribution is -2.17. The third-order valence-electron chi connectivity index (χ3n) is 1.85. The van der Waals surface area contributed by atoms with Crippen LogP contribution in [0.3, 0.4) is 0 Å². The monoisotopic (exact) mass is 180 g/mol. The molecule has 0 fully saturated rings. The molecule has 0 saturated carbocycles. The Hall–Kier alpha value is -1.58. The fourth-order valence-corrected chi connectivity index (χ4v) is 1.10. The first-order valence-corrected chi connectivity index (χ1v) is 4.02. The number of imidazole rings is 1. The summed E-state index contributed by atoms with van der Waals surface area (Å²) in [6.07, 6.45) is 5.55. The third-order valence-corrected chi connectivity index (χ3v) is 1.85. The maximum Gasteiger partial charge on any atom is 0.326 e. The molecule has 13 heavy (non-hydrogen) atoms. The quantitative estimate of drug-likeness (QED) is 0.709. The van der Waals surface area contributed by atoms with Crippen molar-refractivity contribution in [3.8, 4) is 0 Å². The molecule has 0 saturated heterocycles. The maximum absolute atomic E-state index is 10.7. The zero-order chi connectivity index (χ0) is 9.84. The van der Waals surface area contributed by atoms with E-state index in [0.717, 1.165) is 5.82 Å². The van der Waals surface area contributed by atoms with E-state index < -0.39 is 12.0 Å². The summed E-state index contributed by atoms with van der Waals surface area (Å²) in [5.41, 5.74) is 0. The summed E-state index contributed by atoms with van der Waals surface area (Å²) in [5.74, 6) is -0.131. The lowest BCUT2D eigenvalue weighted by atomic mass is 10.3. The minimum absolute atomic E-state index is 0.572. The van der Waals surface area contributed by atoms with Crippen molar-refractivity contribution in [1.82, 2.24) is 9.55 Å². The van der Waals surface area contributed by atoms with Crippen LogP contribution in [-0.2, 0) is 11.2 Å². The van der Waals surface area contributed by atoms with Crippen molar-refractivity contribution < 1.29 is 9.90 Å². The topological polar surface area (TPSA) is 55.1 Å². The number of nitrogens with zero attached hydrogens (tertiary/aromatic N) is 2. The van der Waals surface area contributed by atoms with Gasteiger partial charge in [0.05, 0.1) is 0 Å². The summed E-state index contributed by atoms with van der Waals surface area (Å²) < 4.78 is 1.63. The first-order chi connectivity index (χ1) is 6.16. The van der Waals surface area contributed by atoms with Crippen LogP contribution in [0.15, 0.2) is 25.0 Å². The predicted octanol–water partition coefficient (Wildman–Crippen LogP) is 1.26. The Morgan fingerprint density at radius 2 is 2.62 bits per heavy atom. The third kappa shape index (κ3) is 1.96. The Bertz CT molecular complexity index is 317. The molecule has 1 aromatic rings. The van der Waals surface area contributed by atoms with Crippen LogP contribution in [-0.4, -0.2) is 20.6 Å². The molecule has 1 N–H and O–H groups in total. The lowest BCUT2D eigenvalue weighted by molar-refractivity contribution is -0.140. The summed E-state index contributed by atoms with van der Waals surface area (Å²) in [5, 5.41) is 8.77. The Kier molecular flexibility index (Phi) is 2.84. The van der Waals surface area contributed by atoms with E-state index in [1.165, 1.54) is 0 Å². The highest BCUT2D eigenvalue weighted by Crippen LogP contribution is 2.09. The van der Waals surface area contributed by atoms with E-state index in [2.05, 4.69) is 11.6 Å². The molecule has 1 atom stereocenters. The minimum atomic E-state index is -0.858. The van der Waals surface area contributed by atoms with E-state index in [0.29, 0.717) is 6.42 Å². The number of allylic oxidation sites excluding steroid dienone is 1. The normalized spacial score (nSPS) is 12.4. The summed E-state index contributed by atoms with van der Waals surface area (Å²) >= 11 is 0. The van der Waals surface area contributed by atoms with Gasteiger partial charge in [-0.2, -0.15) is 0 Å². The smallest absolute Gasteiger partial charge is 0.326 e. The van der Waals surface area contributed by atoms with Crippen LogP contribution < -0.4 is 0 Å². The Morgan fingerprint density at radius 1 is 1.92 bits per heavy atom. The van der Waals surface area contributed by atoms with Gasteiger partial charge in [-0.3, -0.25) is 0 Å². The Labute approximate surface area is 76.5 Å². The van der Waals surface area contributed by atoms with Gasteiger partial charge in [-0.1, -0.05) is 6.08 Å². The molecule has 1 heterocycles. The van der Waals surface area contributed by atoms with Crippen LogP contribution in [0.5, 0.6) is 0 Å². The van der Waals surface area contributed by atoms with E-state index in [1.807, 2.05) is 0 Å². The number of hydrogen-bond donors (Lipinski definition) is 1. The van der Waals surface area contributed by atoms with Crippen LogP contribution in [0.2, 0.25) is 0 Å². The number of aromatic nitrogens is 2. The predicted molar refractivity (Wildman–Crippen MR) is 48.5 cm³/mol. The fraction of sp³-hybridized carbons (Fsp3) is 0.333. The van der Waals surface area contributed by atoms with E-state index in [9.17, 15) is 4.79 Å². The summed E-state index contributed by atoms with van der Waals surface area (Å²) in [7, 11) is 0. The van der Waals surface area contributed by atoms with Crippen molar-refractivity contribution in [2.45, 2.75) is 19.4 Å². The van der Waals surface area contributed by atoms with E-state index in [4.69, 9.17) is 5.11 Å². The summed E-state index contributed by atoms with van der Waals surface area (Å²) in [6.45, 7) is 5.20. The van der Waals surface area contributed by atoms with Crippen molar-refractivity contribution >= 4 is 5.97 Å². The van der Waals surface area contributed by atoms with Crippen molar-refractivity contribution in [2.75, 3.05) is 0 Å². The number of rotatable bonds is 4. The second-order valence-electron chi connectivity index (χ2n) is 2.76. The van der Waals surface area contributed by atoms with Gasteiger partial charge in [0.25, 0.3) is 0 Å². The number of carboxylic acids is 1. The number of carbonyl (C=O) groups is 1. The van der Waals surface area contributed by atoms with Gasteiger partial charge < -0.3 is 9.67 Å². The highest BCUT2D eigenvalue weighted by Gasteiger charge is 2.15. The molecule has 0 aliphatic carbocycles. The summed E-state index contributed by atoms with van der Waals surface area (Å²) in [4.78, 5) is 14.7. The maximum atomic E-state index is 10.7. The second kappa shape index (κ2) is 3.89. The molecule has 0 bridgehead atoms.